The summed E-state index contributed by atoms with van der Waals surface area (Å²) in [6, 6.07) is 10.1. The van der Waals surface area contributed by atoms with Crippen LogP contribution in [0, 0.1) is 0 Å². The zero-order chi connectivity index (χ0) is 13.4. The highest BCUT2D eigenvalue weighted by atomic mass is 32.2. The Morgan fingerprint density at radius 3 is 2.61 bits per heavy atom. The second kappa shape index (κ2) is 8.62. The Balaban J connectivity index is 2.55. The first-order chi connectivity index (χ1) is 8.69. The molecule has 0 aromatic heterocycles. The van der Waals surface area contributed by atoms with Crippen LogP contribution in [-0.4, -0.2) is 16.9 Å². The van der Waals surface area contributed by atoms with Gasteiger partial charge in [0.15, 0.2) is 5.78 Å². The number of hydrogen-bond donors (Lipinski definition) is 2. The van der Waals surface area contributed by atoms with Gasteiger partial charge in [-0.05, 0) is 12.0 Å². The van der Waals surface area contributed by atoms with Crippen LogP contribution in [0.2, 0.25) is 0 Å². The molecule has 100 valence electrons. The first-order valence-corrected chi connectivity index (χ1v) is 7.86. The maximum atomic E-state index is 11.8. The molecule has 1 aromatic carbocycles. The number of thioether (sulfide) groups is 1. The van der Waals surface area contributed by atoms with Crippen LogP contribution in [0.1, 0.15) is 37.0 Å². The van der Waals surface area contributed by atoms with Crippen LogP contribution in [0.4, 0.5) is 0 Å². The van der Waals surface area contributed by atoms with Gasteiger partial charge in [-0.2, -0.15) is 12.6 Å². The maximum Gasteiger partial charge on any atom is 0.159 e. The highest BCUT2D eigenvalue weighted by Crippen LogP contribution is 2.32. The number of unbranched alkanes of at least 4 members (excludes halogenated alkanes) is 1. The number of hydrogen-bond acceptors (Lipinski definition) is 4. The van der Waals surface area contributed by atoms with E-state index in [1.807, 2.05) is 18.2 Å². The molecule has 0 radical (unpaired) electrons. The smallest absolute Gasteiger partial charge is 0.159 e. The Labute approximate surface area is 119 Å². The molecule has 4 heteroatoms. The number of carbonyl (C=O) groups excluding carboxylic acids is 1. The summed E-state index contributed by atoms with van der Waals surface area (Å²) >= 11 is 5.86. The molecule has 0 aliphatic heterocycles. The van der Waals surface area contributed by atoms with E-state index < -0.39 is 5.37 Å². The third-order valence-corrected chi connectivity index (χ3v) is 4.68. The van der Waals surface area contributed by atoms with Crippen LogP contribution in [0.3, 0.4) is 0 Å². The highest BCUT2D eigenvalue weighted by Gasteiger charge is 2.19. The molecule has 0 heterocycles. The normalized spacial score (nSPS) is 14.2. The van der Waals surface area contributed by atoms with Crippen molar-refractivity contribution in [2.24, 2.45) is 5.73 Å². The second-order valence-electron chi connectivity index (χ2n) is 4.21. The summed E-state index contributed by atoms with van der Waals surface area (Å²) in [6.07, 6.45) is 2.53. The van der Waals surface area contributed by atoms with E-state index in [2.05, 4.69) is 31.7 Å². The quantitative estimate of drug-likeness (QED) is 0.567. The molecule has 2 N–H and O–H groups in total. The number of ketones is 1. The lowest BCUT2D eigenvalue weighted by Gasteiger charge is -2.18. The van der Waals surface area contributed by atoms with Crippen molar-refractivity contribution >= 4 is 30.2 Å². The van der Waals surface area contributed by atoms with Crippen molar-refractivity contribution in [1.82, 2.24) is 0 Å². The molecule has 2 unspecified atom stereocenters. The Kier molecular flexibility index (Phi) is 7.47. The number of carbonyl (C=O) groups is 1. The molecule has 0 aliphatic carbocycles. The number of Topliss-reactive ketones (excluding diaryl/α,β-unsaturated/α-hetero) is 1. The van der Waals surface area contributed by atoms with E-state index in [-0.39, 0.29) is 11.0 Å². The fraction of sp³-hybridized carbons (Fsp3) is 0.500. The van der Waals surface area contributed by atoms with Gasteiger partial charge in [-0.15, -0.1) is 11.8 Å². The van der Waals surface area contributed by atoms with Gasteiger partial charge in [0.1, 0.15) is 5.37 Å². The van der Waals surface area contributed by atoms with Crippen molar-refractivity contribution in [3.05, 3.63) is 35.9 Å². The third kappa shape index (κ3) is 5.04. The fourth-order valence-corrected chi connectivity index (χ4v) is 3.13. The van der Waals surface area contributed by atoms with Crippen LogP contribution in [-0.2, 0) is 4.79 Å². The predicted molar refractivity (Wildman–Crippen MR) is 83.1 cm³/mol. The van der Waals surface area contributed by atoms with Crippen molar-refractivity contribution in [1.29, 1.82) is 0 Å². The van der Waals surface area contributed by atoms with E-state index in [0.29, 0.717) is 12.2 Å². The Morgan fingerprint density at radius 2 is 2.06 bits per heavy atom. The molecule has 0 fully saturated rings. The zero-order valence-electron chi connectivity index (χ0n) is 10.7. The minimum Gasteiger partial charge on any atom is -0.313 e. The van der Waals surface area contributed by atoms with Gasteiger partial charge in [-0.3, -0.25) is 4.79 Å². The van der Waals surface area contributed by atoms with Gasteiger partial charge >= 0.3 is 0 Å². The van der Waals surface area contributed by atoms with Gasteiger partial charge in [0.25, 0.3) is 0 Å². The molecule has 0 saturated heterocycles. The summed E-state index contributed by atoms with van der Waals surface area (Å²) < 4.78 is 0. The molecule has 0 bridgehead atoms. The number of thiol groups is 1. The van der Waals surface area contributed by atoms with Gasteiger partial charge in [-0.25, -0.2) is 0 Å². The molecule has 1 rings (SSSR count). The summed E-state index contributed by atoms with van der Waals surface area (Å²) in [7, 11) is 0. The summed E-state index contributed by atoms with van der Waals surface area (Å²) in [5.41, 5.74) is 7.13. The van der Waals surface area contributed by atoms with Gasteiger partial charge in [0.05, 0.1) is 0 Å². The average Bonchev–Trinajstić information content (AvgIpc) is 2.42. The van der Waals surface area contributed by atoms with Crippen LogP contribution in [0.5, 0.6) is 0 Å². The van der Waals surface area contributed by atoms with E-state index in [1.165, 1.54) is 17.3 Å². The lowest BCUT2D eigenvalue weighted by molar-refractivity contribution is -0.118. The molecule has 0 saturated carbocycles. The van der Waals surface area contributed by atoms with Crippen LogP contribution in [0.15, 0.2) is 30.3 Å². The molecular weight excluding hydrogens is 262 g/mol. The minimum atomic E-state index is -0.436. The summed E-state index contributed by atoms with van der Waals surface area (Å²) in [5, 5.41) is -0.260. The minimum absolute atomic E-state index is 0.143. The average molecular weight is 283 g/mol. The van der Waals surface area contributed by atoms with Crippen LogP contribution < -0.4 is 5.73 Å². The summed E-state index contributed by atoms with van der Waals surface area (Å²) in [6.45, 7) is 2.08. The predicted octanol–water partition coefficient (Wildman–Crippen LogP) is 3.43. The molecule has 2 atom stereocenters. The fourth-order valence-electron chi connectivity index (χ4n) is 1.64. The van der Waals surface area contributed by atoms with Gasteiger partial charge in [-0.1, -0.05) is 43.7 Å². The van der Waals surface area contributed by atoms with Crippen LogP contribution in [0.25, 0.3) is 0 Å². The van der Waals surface area contributed by atoms with Crippen molar-refractivity contribution in [3.63, 3.8) is 0 Å². The number of nitrogens with two attached hydrogens (primary N) is 1. The monoisotopic (exact) mass is 283 g/mol. The summed E-state index contributed by atoms with van der Waals surface area (Å²) in [4.78, 5) is 11.8. The van der Waals surface area contributed by atoms with E-state index in [0.717, 1.165) is 12.8 Å². The van der Waals surface area contributed by atoms with Gasteiger partial charge in [0.2, 0.25) is 0 Å². The zero-order valence-corrected chi connectivity index (χ0v) is 12.4. The lowest BCUT2D eigenvalue weighted by atomic mass is 10.2. The standard InChI is InChI=1S/C14H21NOS2/c1-2-3-9-12(16)14(15)18-13(10-17)11-7-5-4-6-8-11/h4-8,13-14,17H,2-3,9-10,15H2,1H3. The van der Waals surface area contributed by atoms with Crippen molar-refractivity contribution in [2.75, 3.05) is 5.75 Å². The van der Waals surface area contributed by atoms with Crippen molar-refractivity contribution in [2.45, 2.75) is 36.8 Å². The first kappa shape index (κ1) is 15.6. The lowest BCUT2D eigenvalue weighted by Crippen LogP contribution is -2.28. The van der Waals surface area contributed by atoms with E-state index in [9.17, 15) is 4.79 Å². The Hall–Kier alpha value is -0.450. The first-order valence-electron chi connectivity index (χ1n) is 6.28. The molecule has 0 aliphatic rings. The summed E-state index contributed by atoms with van der Waals surface area (Å²) in [5.74, 6) is 0.827. The van der Waals surface area contributed by atoms with Gasteiger partial charge < -0.3 is 5.73 Å². The highest BCUT2D eigenvalue weighted by molar-refractivity contribution is 8.01. The second-order valence-corrected chi connectivity index (χ2v) is 5.92. The third-order valence-electron chi connectivity index (χ3n) is 2.74. The molecule has 2 nitrogen and oxygen atoms in total. The maximum absolute atomic E-state index is 11.8. The number of benzene rings is 1. The van der Waals surface area contributed by atoms with Crippen molar-refractivity contribution < 1.29 is 4.79 Å². The molecular formula is C14H21NOS2. The van der Waals surface area contributed by atoms with Gasteiger partial charge in [0, 0.05) is 17.4 Å². The Morgan fingerprint density at radius 1 is 1.39 bits per heavy atom. The van der Waals surface area contributed by atoms with E-state index in [1.54, 1.807) is 0 Å². The topological polar surface area (TPSA) is 43.1 Å². The van der Waals surface area contributed by atoms with E-state index in [4.69, 9.17) is 5.73 Å². The molecule has 0 spiro atoms. The molecule has 1 aromatic rings. The van der Waals surface area contributed by atoms with E-state index >= 15 is 0 Å². The largest absolute Gasteiger partial charge is 0.313 e. The SMILES string of the molecule is CCCCC(=O)C(N)SC(CS)c1ccccc1. The Bertz CT molecular complexity index is 356. The molecule has 0 amide bonds. The van der Waals surface area contributed by atoms with Crippen LogP contribution >= 0.6 is 24.4 Å². The molecule has 18 heavy (non-hydrogen) atoms. The number of rotatable bonds is 8. The van der Waals surface area contributed by atoms with Crippen molar-refractivity contribution in [3.8, 4) is 0 Å².